The fourth-order valence-corrected chi connectivity index (χ4v) is 3.63. The van der Waals surface area contributed by atoms with Gasteiger partial charge in [0, 0.05) is 0 Å². The minimum absolute atomic E-state index is 0.109. The summed E-state index contributed by atoms with van der Waals surface area (Å²) >= 11 is 0. The molecule has 0 bridgehead atoms. The molecule has 1 aliphatic carbocycles. The van der Waals surface area contributed by atoms with E-state index in [9.17, 15) is 14.4 Å². The third-order valence-corrected chi connectivity index (χ3v) is 4.87. The first-order valence-electron chi connectivity index (χ1n) is 8.39. The van der Waals surface area contributed by atoms with Crippen molar-refractivity contribution < 1.29 is 23.5 Å². The summed E-state index contributed by atoms with van der Waals surface area (Å²) in [4.78, 5) is 38.3. The number of esters is 1. The largest absolute Gasteiger partial charge is 0.457 e. The predicted octanol–water partition coefficient (Wildman–Crippen LogP) is 3.18. The van der Waals surface area contributed by atoms with Crippen LogP contribution in [0.25, 0.3) is 0 Å². The number of anilines is 1. The summed E-state index contributed by atoms with van der Waals surface area (Å²) in [6, 6.07) is 9.50. The second kappa shape index (κ2) is 6.20. The number of imide groups is 1. The summed E-state index contributed by atoms with van der Waals surface area (Å²) in [5.41, 5.74) is 0.516. The van der Waals surface area contributed by atoms with Gasteiger partial charge in [-0.05, 0) is 49.2 Å². The summed E-state index contributed by atoms with van der Waals surface area (Å²) in [6.07, 6.45) is 4.95. The molecule has 4 rings (SSSR count). The fourth-order valence-electron chi connectivity index (χ4n) is 3.63. The van der Waals surface area contributed by atoms with Crippen LogP contribution in [0.15, 0.2) is 47.1 Å². The second-order valence-electron chi connectivity index (χ2n) is 6.37. The quantitative estimate of drug-likeness (QED) is 0.488. The van der Waals surface area contributed by atoms with E-state index in [2.05, 4.69) is 0 Å². The van der Waals surface area contributed by atoms with Crippen LogP contribution in [0, 0.1) is 11.8 Å². The molecule has 1 aromatic carbocycles. The van der Waals surface area contributed by atoms with Crippen LogP contribution in [0.5, 0.6) is 5.75 Å². The van der Waals surface area contributed by atoms with Gasteiger partial charge in [-0.2, -0.15) is 0 Å². The van der Waals surface area contributed by atoms with Crippen LogP contribution in [0.3, 0.4) is 0 Å². The zero-order valence-electron chi connectivity index (χ0n) is 13.5. The topological polar surface area (TPSA) is 76.8 Å². The number of amides is 2. The maximum absolute atomic E-state index is 12.6. The lowest BCUT2D eigenvalue weighted by atomic mass is 9.81. The van der Waals surface area contributed by atoms with E-state index in [0.29, 0.717) is 11.4 Å². The molecule has 2 aromatic rings. The molecule has 128 valence electrons. The van der Waals surface area contributed by atoms with Gasteiger partial charge in [0.25, 0.3) is 0 Å². The number of nitrogens with zero attached hydrogens (tertiary/aromatic N) is 1. The second-order valence-corrected chi connectivity index (χ2v) is 6.37. The van der Waals surface area contributed by atoms with Crippen LogP contribution in [-0.4, -0.2) is 17.8 Å². The van der Waals surface area contributed by atoms with E-state index in [0.717, 1.165) is 25.7 Å². The predicted molar refractivity (Wildman–Crippen MR) is 88.0 cm³/mol. The number of fused-ring (bicyclic) bond motifs is 1. The van der Waals surface area contributed by atoms with E-state index in [1.807, 2.05) is 0 Å². The van der Waals surface area contributed by atoms with Crippen molar-refractivity contribution >= 4 is 23.5 Å². The van der Waals surface area contributed by atoms with E-state index in [4.69, 9.17) is 9.15 Å². The normalized spacial score (nSPS) is 22.8. The van der Waals surface area contributed by atoms with Crippen LogP contribution in [0.2, 0.25) is 0 Å². The Morgan fingerprint density at radius 1 is 1.00 bits per heavy atom. The maximum atomic E-state index is 12.6. The number of rotatable bonds is 3. The van der Waals surface area contributed by atoms with E-state index in [1.165, 1.54) is 17.2 Å². The average Bonchev–Trinajstić information content (AvgIpc) is 3.25. The lowest BCUT2D eigenvalue weighted by Gasteiger charge is -2.19. The number of hydrogen-bond acceptors (Lipinski definition) is 5. The molecule has 2 atom stereocenters. The van der Waals surface area contributed by atoms with Crippen molar-refractivity contribution in [1.29, 1.82) is 0 Å². The van der Waals surface area contributed by atoms with Crippen LogP contribution < -0.4 is 9.64 Å². The number of furan rings is 1. The molecule has 25 heavy (non-hydrogen) atoms. The minimum atomic E-state index is -0.600. The van der Waals surface area contributed by atoms with Crippen molar-refractivity contribution in [3.8, 4) is 5.75 Å². The highest BCUT2D eigenvalue weighted by Crippen LogP contribution is 2.40. The Morgan fingerprint density at radius 3 is 2.20 bits per heavy atom. The third-order valence-electron chi connectivity index (χ3n) is 4.87. The summed E-state index contributed by atoms with van der Waals surface area (Å²) in [5, 5.41) is 0. The Bertz CT molecular complexity index is 785. The number of carbonyl (C=O) groups excluding carboxylic acids is 3. The number of ether oxygens (including phenoxy) is 1. The van der Waals surface area contributed by atoms with Crippen molar-refractivity contribution in [1.82, 2.24) is 0 Å². The average molecular weight is 339 g/mol. The van der Waals surface area contributed by atoms with Gasteiger partial charge in [0.2, 0.25) is 17.6 Å². The van der Waals surface area contributed by atoms with Gasteiger partial charge >= 0.3 is 5.97 Å². The Morgan fingerprint density at radius 2 is 1.64 bits per heavy atom. The summed E-state index contributed by atoms with van der Waals surface area (Å²) in [6.45, 7) is 0. The van der Waals surface area contributed by atoms with Gasteiger partial charge < -0.3 is 9.15 Å². The molecule has 0 N–H and O–H groups in total. The van der Waals surface area contributed by atoms with Gasteiger partial charge in [-0.25, -0.2) is 4.79 Å². The van der Waals surface area contributed by atoms with E-state index < -0.39 is 5.97 Å². The molecule has 2 fully saturated rings. The van der Waals surface area contributed by atoms with E-state index in [1.54, 1.807) is 30.3 Å². The van der Waals surface area contributed by atoms with Crippen molar-refractivity contribution in [3.63, 3.8) is 0 Å². The maximum Gasteiger partial charge on any atom is 0.379 e. The number of hydrogen-bond donors (Lipinski definition) is 0. The molecule has 0 spiro atoms. The van der Waals surface area contributed by atoms with Gasteiger partial charge in [-0.15, -0.1) is 0 Å². The van der Waals surface area contributed by atoms with Crippen molar-refractivity contribution in [3.05, 3.63) is 48.4 Å². The Kier molecular flexibility index (Phi) is 3.87. The van der Waals surface area contributed by atoms with Gasteiger partial charge in [-0.3, -0.25) is 14.5 Å². The number of benzene rings is 1. The molecule has 6 nitrogen and oxygen atoms in total. The molecule has 2 heterocycles. The molecule has 2 amide bonds. The zero-order valence-corrected chi connectivity index (χ0v) is 13.5. The highest BCUT2D eigenvalue weighted by molar-refractivity contribution is 6.22. The molecule has 0 unspecified atom stereocenters. The first-order valence-corrected chi connectivity index (χ1v) is 8.39. The molecule has 1 aliphatic heterocycles. The van der Waals surface area contributed by atoms with Gasteiger partial charge in [-0.1, -0.05) is 12.8 Å². The first-order chi connectivity index (χ1) is 12.1. The van der Waals surface area contributed by atoms with Crippen molar-refractivity contribution in [2.45, 2.75) is 25.7 Å². The molecular formula is C19H17NO5. The Hall–Kier alpha value is -2.89. The van der Waals surface area contributed by atoms with Crippen LogP contribution in [0.1, 0.15) is 36.2 Å². The van der Waals surface area contributed by atoms with Crippen LogP contribution >= 0.6 is 0 Å². The molecule has 1 saturated carbocycles. The van der Waals surface area contributed by atoms with E-state index in [-0.39, 0.29) is 29.4 Å². The van der Waals surface area contributed by atoms with Gasteiger partial charge in [0.15, 0.2) is 0 Å². The monoisotopic (exact) mass is 339 g/mol. The van der Waals surface area contributed by atoms with Crippen molar-refractivity contribution in [2.24, 2.45) is 11.8 Å². The molecule has 1 aromatic heterocycles. The summed E-state index contributed by atoms with van der Waals surface area (Å²) in [7, 11) is 0. The fraction of sp³-hybridized carbons (Fsp3) is 0.316. The number of carbonyl (C=O) groups is 3. The SMILES string of the molecule is O=C(Oc1ccc(N2C(=O)[C@H]3CCCC[C@@H]3C2=O)cc1)c1ccco1. The van der Waals surface area contributed by atoms with Gasteiger partial charge in [0.1, 0.15) is 5.75 Å². The molecule has 6 heteroatoms. The lowest BCUT2D eigenvalue weighted by Crippen LogP contribution is -2.30. The van der Waals surface area contributed by atoms with E-state index >= 15 is 0 Å². The van der Waals surface area contributed by atoms with Gasteiger partial charge in [0.05, 0.1) is 23.8 Å². The molecule has 1 saturated heterocycles. The smallest absolute Gasteiger partial charge is 0.379 e. The van der Waals surface area contributed by atoms with Crippen molar-refractivity contribution in [2.75, 3.05) is 4.90 Å². The molecule has 0 radical (unpaired) electrons. The lowest BCUT2D eigenvalue weighted by molar-refractivity contribution is -0.122. The highest BCUT2D eigenvalue weighted by Gasteiger charge is 2.48. The Labute approximate surface area is 144 Å². The zero-order chi connectivity index (χ0) is 17.4. The first kappa shape index (κ1) is 15.6. The minimum Gasteiger partial charge on any atom is -0.457 e. The van der Waals surface area contributed by atoms with Crippen LogP contribution in [0.4, 0.5) is 5.69 Å². The molecule has 2 aliphatic rings. The summed E-state index contributed by atoms with van der Waals surface area (Å²) < 4.78 is 10.2. The summed E-state index contributed by atoms with van der Waals surface area (Å²) in [5.74, 6) is -0.766. The highest BCUT2D eigenvalue weighted by atomic mass is 16.5. The van der Waals surface area contributed by atoms with Crippen LogP contribution in [-0.2, 0) is 9.59 Å². The molecular weight excluding hydrogens is 322 g/mol. The standard InChI is InChI=1S/C19H17NO5/c21-17-14-4-1-2-5-15(14)18(22)20(17)12-7-9-13(10-8-12)25-19(23)16-6-3-11-24-16/h3,6-11,14-15H,1-2,4-5H2/t14-,15-/m0/s1. The third kappa shape index (κ3) is 2.73. The Balaban J connectivity index is 1.51.